The number of aliphatic hydroxyl groups is 1. The number of aliphatic imine (C=N–C) groups is 1. The summed E-state index contributed by atoms with van der Waals surface area (Å²) >= 11 is 0. The van der Waals surface area contributed by atoms with Gasteiger partial charge in [0, 0.05) is 50.1 Å². The van der Waals surface area contributed by atoms with Crippen molar-refractivity contribution >= 4 is 17.2 Å². The summed E-state index contributed by atoms with van der Waals surface area (Å²) in [5.41, 5.74) is 2.98. The Bertz CT molecular complexity index is 1350. The second-order valence-electron chi connectivity index (χ2n) is 10.2. The summed E-state index contributed by atoms with van der Waals surface area (Å²) in [6.45, 7) is 1.62. The van der Waals surface area contributed by atoms with E-state index >= 15 is 0 Å². The Morgan fingerprint density at radius 3 is 2.51 bits per heavy atom. The summed E-state index contributed by atoms with van der Waals surface area (Å²) in [4.78, 5) is 15.0. The third-order valence-corrected chi connectivity index (χ3v) is 7.56. The Labute approximate surface area is 214 Å². The summed E-state index contributed by atoms with van der Waals surface area (Å²) in [5.74, 6) is 2.11. The zero-order chi connectivity index (χ0) is 25.7. The molecule has 6 rings (SSSR count). The summed E-state index contributed by atoms with van der Waals surface area (Å²) in [6.07, 6.45) is 3.98. The molecule has 0 amide bonds. The molecular formula is C27H30F2N6O2. The van der Waals surface area contributed by atoms with Gasteiger partial charge in [-0.05, 0) is 55.5 Å². The van der Waals surface area contributed by atoms with Crippen LogP contribution in [-0.2, 0) is 0 Å². The number of hydrogen-bond donors (Lipinski definition) is 1. The molecule has 2 aromatic carbocycles. The summed E-state index contributed by atoms with van der Waals surface area (Å²) in [5, 5.41) is 13.6. The maximum absolute atomic E-state index is 15.0. The van der Waals surface area contributed by atoms with Gasteiger partial charge in [0.1, 0.15) is 30.9 Å². The van der Waals surface area contributed by atoms with E-state index in [-0.39, 0.29) is 18.3 Å². The second-order valence-corrected chi connectivity index (χ2v) is 10.2. The predicted molar refractivity (Wildman–Crippen MR) is 137 cm³/mol. The third kappa shape index (κ3) is 4.43. The number of anilines is 2. The minimum atomic E-state index is -0.479. The molecule has 3 aliphatic rings. The predicted octanol–water partition coefficient (Wildman–Crippen LogP) is 4.31. The van der Waals surface area contributed by atoms with Crippen LogP contribution < -0.4 is 9.80 Å². The molecule has 3 heterocycles. The number of rotatable bonds is 5. The number of nitrogens with zero attached hydrogens (tertiary/aromatic N) is 6. The fourth-order valence-corrected chi connectivity index (χ4v) is 5.32. The zero-order valence-corrected chi connectivity index (χ0v) is 21.0. The van der Waals surface area contributed by atoms with Gasteiger partial charge in [-0.2, -0.15) is 4.98 Å². The number of aliphatic hydroxyl groups excluding tert-OH is 1. The van der Waals surface area contributed by atoms with Gasteiger partial charge in [-0.1, -0.05) is 11.2 Å². The fourth-order valence-electron chi connectivity index (χ4n) is 5.32. The van der Waals surface area contributed by atoms with E-state index in [0.717, 1.165) is 62.0 Å². The van der Waals surface area contributed by atoms with Crippen molar-refractivity contribution in [3.05, 3.63) is 59.2 Å². The van der Waals surface area contributed by atoms with Crippen LogP contribution in [0.3, 0.4) is 0 Å². The standard InChI is InChI=1S/C27H30F2N6O2/c1-33-14-30-26(35-9-7-16(8-10-35)25-31-27(37-32-25)17-3-4-17)21-13-19(28)12-20(24(21)33)18-5-6-23(22(29)11-18)34(2)15-36/h5-6,11-13,16-17,36H,3-4,7-10,14-15H2,1-2H3. The highest BCUT2D eigenvalue weighted by Crippen LogP contribution is 2.41. The number of piperidine rings is 1. The van der Waals surface area contributed by atoms with Crippen LogP contribution in [0.25, 0.3) is 11.1 Å². The van der Waals surface area contributed by atoms with E-state index in [0.29, 0.717) is 29.3 Å². The van der Waals surface area contributed by atoms with Crippen LogP contribution in [0.5, 0.6) is 0 Å². The normalized spacial score (nSPS) is 18.1. The molecule has 3 aromatic rings. The average molecular weight is 509 g/mol. The molecule has 10 heteroatoms. The average Bonchev–Trinajstić information content (AvgIpc) is 3.64. The molecular weight excluding hydrogens is 478 g/mol. The molecule has 8 nitrogen and oxygen atoms in total. The number of likely N-dealkylation sites (tertiary alicyclic amines) is 1. The van der Waals surface area contributed by atoms with Crippen molar-refractivity contribution in [2.75, 3.05) is 50.4 Å². The molecule has 1 saturated heterocycles. The molecule has 1 saturated carbocycles. The van der Waals surface area contributed by atoms with Gasteiger partial charge in [0.15, 0.2) is 5.82 Å². The van der Waals surface area contributed by atoms with Crippen LogP contribution in [0.2, 0.25) is 0 Å². The van der Waals surface area contributed by atoms with Crippen molar-refractivity contribution in [1.82, 2.24) is 15.0 Å². The smallest absolute Gasteiger partial charge is 0.229 e. The molecule has 1 aromatic heterocycles. The Morgan fingerprint density at radius 2 is 1.81 bits per heavy atom. The van der Waals surface area contributed by atoms with Crippen LogP contribution in [-0.4, -0.2) is 66.6 Å². The highest BCUT2D eigenvalue weighted by atomic mass is 19.1. The SMILES string of the molecule is CN(CO)c1ccc(-c2cc(F)cc3c2N(C)CN=C3N2CCC(c3noc(C4CC4)n3)CC2)cc1F. The third-order valence-electron chi connectivity index (χ3n) is 7.56. The molecule has 0 spiro atoms. The van der Waals surface area contributed by atoms with Crippen molar-refractivity contribution in [3.8, 4) is 11.1 Å². The topological polar surface area (TPSA) is 81.2 Å². The molecule has 1 N–H and O–H groups in total. The van der Waals surface area contributed by atoms with Crippen molar-refractivity contribution < 1.29 is 18.4 Å². The minimum Gasteiger partial charge on any atom is -0.376 e. The van der Waals surface area contributed by atoms with Crippen LogP contribution in [0.1, 0.15) is 54.8 Å². The first-order chi connectivity index (χ1) is 17.9. The second kappa shape index (κ2) is 9.41. The van der Waals surface area contributed by atoms with Crippen molar-refractivity contribution in [1.29, 1.82) is 0 Å². The highest BCUT2D eigenvalue weighted by Gasteiger charge is 2.33. The minimum absolute atomic E-state index is 0.237. The molecule has 1 aliphatic carbocycles. The van der Waals surface area contributed by atoms with E-state index in [9.17, 15) is 13.9 Å². The monoisotopic (exact) mass is 508 g/mol. The Morgan fingerprint density at radius 1 is 1.05 bits per heavy atom. The lowest BCUT2D eigenvalue weighted by molar-refractivity contribution is 0.297. The van der Waals surface area contributed by atoms with Gasteiger partial charge in [-0.25, -0.2) is 13.8 Å². The zero-order valence-electron chi connectivity index (χ0n) is 21.0. The number of halogens is 2. The first-order valence-electron chi connectivity index (χ1n) is 12.7. The maximum atomic E-state index is 15.0. The van der Waals surface area contributed by atoms with Crippen molar-refractivity contribution in [2.24, 2.45) is 4.99 Å². The Hall–Kier alpha value is -3.53. The first-order valence-corrected chi connectivity index (χ1v) is 12.7. The van der Waals surface area contributed by atoms with Crippen molar-refractivity contribution in [2.45, 2.75) is 37.5 Å². The van der Waals surface area contributed by atoms with Gasteiger partial charge in [0.25, 0.3) is 0 Å². The molecule has 194 valence electrons. The first kappa shape index (κ1) is 23.8. The van der Waals surface area contributed by atoms with Gasteiger partial charge in [-0.3, -0.25) is 0 Å². The van der Waals surface area contributed by atoms with Gasteiger partial charge >= 0.3 is 0 Å². The van der Waals surface area contributed by atoms with Gasteiger partial charge in [-0.15, -0.1) is 0 Å². The molecule has 0 atom stereocenters. The molecule has 0 bridgehead atoms. The van der Waals surface area contributed by atoms with E-state index in [1.54, 1.807) is 19.2 Å². The Kier molecular flexibility index (Phi) is 6.06. The van der Waals surface area contributed by atoms with Gasteiger partial charge in [0.2, 0.25) is 5.89 Å². The van der Waals surface area contributed by atoms with Crippen LogP contribution in [0, 0.1) is 11.6 Å². The van der Waals surface area contributed by atoms with E-state index < -0.39 is 11.6 Å². The lowest BCUT2D eigenvalue weighted by atomic mass is 9.93. The number of hydrogen-bond acceptors (Lipinski definition) is 8. The van der Waals surface area contributed by atoms with E-state index in [2.05, 4.69) is 15.0 Å². The summed E-state index contributed by atoms with van der Waals surface area (Å²) < 4.78 is 35.3. The highest BCUT2D eigenvalue weighted by molar-refractivity contribution is 6.08. The van der Waals surface area contributed by atoms with E-state index in [4.69, 9.17) is 9.52 Å². The summed E-state index contributed by atoms with van der Waals surface area (Å²) in [7, 11) is 3.51. The molecule has 0 unspecified atom stereocenters. The van der Waals surface area contributed by atoms with E-state index in [1.807, 2.05) is 11.9 Å². The molecule has 2 aliphatic heterocycles. The maximum Gasteiger partial charge on any atom is 0.229 e. The quantitative estimate of drug-likeness (QED) is 0.515. The number of aromatic nitrogens is 2. The number of benzene rings is 2. The van der Waals surface area contributed by atoms with Gasteiger partial charge < -0.3 is 24.3 Å². The fraction of sp³-hybridized carbons (Fsp3) is 0.444. The number of amidine groups is 1. The van der Waals surface area contributed by atoms with Crippen LogP contribution >= 0.6 is 0 Å². The van der Waals surface area contributed by atoms with Crippen LogP contribution in [0.15, 0.2) is 39.8 Å². The summed E-state index contributed by atoms with van der Waals surface area (Å²) in [6, 6.07) is 7.72. The van der Waals surface area contributed by atoms with Gasteiger partial charge in [0.05, 0.1) is 11.4 Å². The lowest BCUT2D eigenvalue weighted by Gasteiger charge is -2.37. The number of fused-ring (bicyclic) bond motifs is 1. The van der Waals surface area contributed by atoms with Crippen LogP contribution in [0.4, 0.5) is 20.2 Å². The van der Waals surface area contributed by atoms with E-state index in [1.165, 1.54) is 23.1 Å². The molecule has 0 radical (unpaired) electrons. The Balaban J connectivity index is 1.27. The lowest BCUT2D eigenvalue weighted by Crippen LogP contribution is -2.42. The molecule has 2 fully saturated rings. The molecule has 37 heavy (non-hydrogen) atoms. The van der Waals surface area contributed by atoms with Crippen molar-refractivity contribution in [3.63, 3.8) is 0 Å². The largest absolute Gasteiger partial charge is 0.376 e.